The number of aliphatic imine (C=N–C) groups is 1. The minimum Gasteiger partial charge on any atom is -0.492 e. The maximum atomic E-state index is 11.9. The topological polar surface area (TPSA) is 66.0 Å². The van der Waals surface area contributed by atoms with Gasteiger partial charge in [0, 0.05) is 32.6 Å². The number of likely N-dealkylation sites (tertiary alicyclic amines) is 1. The van der Waals surface area contributed by atoms with Crippen molar-refractivity contribution < 1.29 is 9.53 Å². The Bertz CT molecular complexity index is 586. The van der Waals surface area contributed by atoms with Crippen LogP contribution in [0.25, 0.3) is 0 Å². The number of guanidine groups is 1. The van der Waals surface area contributed by atoms with Crippen molar-refractivity contribution in [2.24, 2.45) is 4.99 Å². The molecule has 1 unspecified atom stereocenters. The zero-order valence-corrected chi connectivity index (χ0v) is 16.3. The summed E-state index contributed by atoms with van der Waals surface area (Å²) in [6.45, 7) is 7.15. The van der Waals surface area contributed by atoms with E-state index in [0.29, 0.717) is 31.5 Å². The summed E-state index contributed by atoms with van der Waals surface area (Å²) in [7, 11) is 1.76. The average molecular weight is 361 g/mol. The molecule has 0 saturated carbocycles. The molecule has 0 spiro atoms. The van der Waals surface area contributed by atoms with Gasteiger partial charge in [-0.3, -0.25) is 9.79 Å². The molecule has 1 amide bonds. The van der Waals surface area contributed by atoms with Gasteiger partial charge in [0.15, 0.2) is 5.96 Å². The number of aryl methyl sites for hydroxylation is 1. The molecule has 1 heterocycles. The molecule has 144 valence electrons. The average Bonchev–Trinajstić information content (AvgIpc) is 3.08. The van der Waals surface area contributed by atoms with Crippen molar-refractivity contribution in [2.45, 2.75) is 45.6 Å². The third kappa shape index (κ3) is 6.24. The molecule has 6 nitrogen and oxygen atoms in total. The Morgan fingerprint density at radius 1 is 1.27 bits per heavy atom. The number of benzene rings is 1. The Morgan fingerprint density at radius 2 is 2.00 bits per heavy atom. The molecular weight excluding hydrogens is 328 g/mol. The van der Waals surface area contributed by atoms with Crippen LogP contribution in [-0.2, 0) is 4.79 Å². The van der Waals surface area contributed by atoms with Crippen molar-refractivity contribution in [3.05, 3.63) is 29.8 Å². The van der Waals surface area contributed by atoms with Gasteiger partial charge in [-0.25, -0.2) is 0 Å². The van der Waals surface area contributed by atoms with Crippen molar-refractivity contribution >= 4 is 11.9 Å². The van der Waals surface area contributed by atoms with Gasteiger partial charge in [0.05, 0.1) is 6.54 Å². The first-order chi connectivity index (χ1) is 12.6. The molecule has 2 rings (SSSR count). The van der Waals surface area contributed by atoms with Crippen LogP contribution in [0.5, 0.6) is 5.75 Å². The first-order valence-corrected chi connectivity index (χ1v) is 9.57. The fourth-order valence-corrected chi connectivity index (χ4v) is 3.19. The van der Waals surface area contributed by atoms with Crippen LogP contribution in [-0.4, -0.2) is 56.1 Å². The highest BCUT2D eigenvalue weighted by Crippen LogP contribution is 2.17. The third-order valence-corrected chi connectivity index (χ3v) is 4.70. The van der Waals surface area contributed by atoms with Gasteiger partial charge in [-0.2, -0.15) is 0 Å². The second kappa shape index (κ2) is 10.7. The minimum atomic E-state index is 0.299. The highest BCUT2D eigenvalue weighted by Gasteiger charge is 2.26. The Kier molecular flexibility index (Phi) is 8.25. The largest absolute Gasteiger partial charge is 0.492 e. The van der Waals surface area contributed by atoms with Crippen molar-refractivity contribution in [1.82, 2.24) is 15.5 Å². The van der Waals surface area contributed by atoms with Crippen molar-refractivity contribution in [3.63, 3.8) is 0 Å². The van der Waals surface area contributed by atoms with Gasteiger partial charge in [0.2, 0.25) is 5.91 Å². The van der Waals surface area contributed by atoms with Crippen molar-refractivity contribution in [1.29, 1.82) is 0 Å². The summed E-state index contributed by atoms with van der Waals surface area (Å²) in [5.74, 6) is 1.94. The van der Waals surface area contributed by atoms with E-state index in [1.54, 1.807) is 7.05 Å². The number of rotatable bonds is 9. The summed E-state index contributed by atoms with van der Waals surface area (Å²) in [4.78, 5) is 18.2. The molecule has 1 aromatic rings. The van der Waals surface area contributed by atoms with E-state index in [1.165, 1.54) is 5.56 Å². The second-order valence-electron chi connectivity index (χ2n) is 6.63. The van der Waals surface area contributed by atoms with Crippen LogP contribution < -0.4 is 15.4 Å². The van der Waals surface area contributed by atoms with Crippen LogP contribution in [0.1, 0.15) is 38.2 Å². The third-order valence-electron chi connectivity index (χ3n) is 4.70. The number of carbonyl (C=O) groups is 1. The van der Waals surface area contributed by atoms with E-state index in [2.05, 4.69) is 29.5 Å². The molecule has 0 bridgehead atoms. The molecule has 1 atom stereocenters. The SMILES string of the molecule is CCC(CCNC(=NC)NCCOc1ccc(C)cc1)N1CCCC1=O. The van der Waals surface area contributed by atoms with E-state index in [1.807, 2.05) is 29.2 Å². The van der Waals surface area contributed by atoms with Gasteiger partial charge in [-0.15, -0.1) is 0 Å². The maximum Gasteiger partial charge on any atom is 0.222 e. The molecule has 2 N–H and O–H groups in total. The fourth-order valence-electron chi connectivity index (χ4n) is 3.19. The summed E-state index contributed by atoms with van der Waals surface area (Å²) in [5, 5.41) is 6.58. The number of amides is 1. The highest BCUT2D eigenvalue weighted by molar-refractivity contribution is 5.79. The molecule has 1 saturated heterocycles. The number of nitrogens with one attached hydrogen (secondary N) is 2. The lowest BCUT2D eigenvalue weighted by atomic mass is 10.1. The fraction of sp³-hybridized carbons (Fsp3) is 0.600. The van der Waals surface area contributed by atoms with E-state index in [9.17, 15) is 4.79 Å². The lowest BCUT2D eigenvalue weighted by molar-refractivity contribution is -0.129. The minimum absolute atomic E-state index is 0.299. The molecule has 26 heavy (non-hydrogen) atoms. The van der Waals surface area contributed by atoms with Gasteiger partial charge in [0.1, 0.15) is 12.4 Å². The zero-order chi connectivity index (χ0) is 18.8. The summed E-state index contributed by atoms with van der Waals surface area (Å²) in [6.07, 6.45) is 3.62. The number of hydrogen-bond acceptors (Lipinski definition) is 3. The summed E-state index contributed by atoms with van der Waals surface area (Å²) in [5.41, 5.74) is 1.22. The summed E-state index contributed by atoms with van der Waals surface area (Å²) < 4.78 is 5.71. The first kappa shape index (κ1) is 20.1. The lowest BCUT2D eigenvalue weighted by Crippen LogP contribution is -2.42. The van der Waals surface area contributed by atoms with Crippen LogP contribution in [0.15, 0.2) is 29.3 Å². The lowest BCUT2D eigenvalue weighted by Gasteiger charge is -2.27. The van der Waals surface area contributed by atoms with Gasteiger partial charge >= 0.3 is 0 Å². The molecule has 6 heteroatoms. The molecule has 1 aliphatic heterocycles. The zero-order valence-electron chi connectivity index (χ0n) is 16.3. The van der Waals surface area contributed by atoms with E-state index in [0.717, 1.165) is 44.1 Å². The van der Waals surface area contributed by atoms with Crippen molar-refractivity contribution in [3.8, 4) is 5.75 Å². The Hall–Kier alpha value is -2.24. The van der Waals surface area contributed by atoms with Gasteiger partial charge in [-0.05, 0) is 38.3 Å². The molecule has 1 fully saturated rings. The van der Waals surface area contributed by atoms with Crippen LogP contribution in [0.4, 0.5) is 0 Å². The number of ether oxygens (including phenoxy) is 1. The second-order valence-corrected chi connectivity index (χ2v) is 6.63. The van der Waals surface area contributed by atoms with E-state index < -0.39 is 0 Å². The summed E-state index contributed by atoms with van der Waals surface area (Å²) >= 11 is 0. The number of nitrogens with zero attached hydrogens (tertiary/aromatic N) is 2. The van der Waals surface area contributed by atoms with Crippen LogP contribution in [0, 0.1) is 6.92 Å². The van der Waals surface area contributed by atoms with Crippen LogP contribution >= 0.6 is 0 Å². The van der Waals surface area contributed by atoms with E-state index in [-0.39, 0.29) is 0 Å². The molecule has 1 aliphatic rings. The van der Waals surface area contributed by atoms with Gasteiger partial charge < -0.3 is 20.3 Å². The molecule has 0 aromatic heterocycles. The Labute approximate surface area is 157 Å². The van der Waals surface area contributed by atoms with Crippen molar-refractivity contribution in [2.75, 3.05) is 33.3 Å². The van der Waals surface area contributed by atoms with Gasteiger partial charge in [-0.1, -0.05) is 24.6 Å². The standard InChI is InChI=1S/C20H32N4O2/c1-4-17(24-14-5-6-19(24)25)11-12-22-20(21-3)23-13-15-26-18-9-7-16(2)8-10-18/h7-10,17H,4-6,11-15H2,1-3H3,(H2,21,22,23). The quantitative estimate of drug-likeness (QED) is 0.403. The van der Waals surface area contributed by atoms with E-state index >= 15 is 0 Å². The summed E-state index contributed by atoms with van der Waals surface area (Å²) in [6, 6.07) is 8.36. The Balaban J connectivity index is 1.64. The van der Waals surface area contributed by atoms with Crippen LogP contribution in [0.3, 0.4) is 0 Å². The number of hydrogen-bond donors (Lipinski definition) is 2. The molecular formula is C20H32N4O2. The normalized spacial score (nSPS) is 15.9. The Morgan fingerprint density at radius 3 is 2.62 bits per heavy atom. The van der Waals surface area contributed by atoms with E-state index in [4.69, 9.17) is 4.74 Å². The van der Waals surface area contributed by atoms with Crippen LogP contribution in [0.2, 0.25) is 0 Å². The highest BCUT2D eigenvalue weighted by atomic mass is 16.5. The molecule has 0 radical (unpaired) electrons. The first-order valence-electron chi connectivity index (χ1n) is 9.57. The smallest absolute Gasteiger partial charge is 0.222 e. The monoisotopic (exact) mass is 360 g/mol. The maximum absolute atomic E-state index is 11.9. The molecule has 1 aromatic carbocycles. The van der Waals surface area contributed by atoms with Gasteiger partial charge in [0.25, 0.3) is 0 Å². The molecule has 0 aliphatic carbocycles. The predicted octanol–water partition coefficient (Wildman–Crippen LogP) is 2.33. The number of carbonyl (C=O) groups excluding carboxylic acids is 1. The predicted molar refractivity (Wildman–Crippen MR) is 106 cm³/mol.